The third kappa shape index (κ3) is 3.86. The zero-order valence-electron chi connectivity index (χ0n) is 11.5. The molecule has 0 aromatic heterocycles. The molecular weight excluding hydrogens is 276 g/mol. The molecule has 2 rings (SSSR count). The van der Waals surface area contributed by atoms with Crippen molar-refractivity contribution in [3.63, 3.8) is 0 Å². The maximum atomic E-state index is 13.6. The van der Waals surface area contributed by atoms with Gasteiger partial charge in [0.15, 0.2) is 0 Å². The van der Waals surface area contributed by atoms with Gasteiger partial charge < -0.3 is 5.11 Å². The Morgan fingerprint density at radius 2 is 1.81 bits per heavy atom. The first kappa shape index (κ1) is 15.1. The lowest BCUT2D eigenvalue weighted by Gasteiger charge is -2.17. The summed E-state index contributed by atoms with van der Waals surface area (Å²) in [5.74, 6) is -2.34. The van der Waals surface area contributed by atoms with Gasteiger partial charge in [0, 0.05) is 18.7 Å². The van der Waals surface area contributed by atoms with Crippen LogP contribution in [-0.2, 0) is 13.1 Å². The smallest absolute Gasteiger partial charge is 0.338 e. The molecule has 0 radical (unpaired) electrons. The van der Waals surface area contributed by atoms with Gasteiger partial charge in [0.25, 0.3) is 0 Å². The molecule has 3 nitrogen and oxygen atoms in total. The lowest BCUT2D eigenvalue weighted by atomic mass is 10.1. The Labute approximate surface area is 121 Å². The van der Waals surface area contributed by atoms with E-state index in [1.807, 2.05) is 4.90 Å². The minimum absolute atomic E-state index is 0.283. The van der Waals surface area contributed by atoms with Gasteiger partial charge in [0.05, 0.1) is 5.56 Å². The summed E-state index contributed by atoms with van der Waals surface area (Å²) in [5.41, 5.74) is 0.861. The Balaban J connectivity index is 2.09. The topological polar surface area (TPSA) is 40.5 Å². The van der Waals surface area contributed by atoms with Crippen LogP contribution in [0, 0.1) is 11.6 Å². The highest BCUT2D eigenvalue weighted by atomic mass is 19.1. The van der Waals surface area contributed by atoms with E-state index < -0.39 is 11.8 Å². The molecule has 21 heavy (non-hydrogen) atoms. The van der Waals surface area contributed by atoms with Gasteiger partial charge in [-0.1, -0.05) is 24.3 Å². The second kappa shape index (κ2) is 6.45. The predicted molar refractivity (Wildman–Crippen MR) is 74.9 cm³/mol. The van der Waals surface area contributed by atoms with Gasteiger partial charge in [-0.3, -0.25) is 4.90 Å². The highest BCUT2D eigenvalue weighted by Crippen LogP contribution is 2.14. The maximum absolute atomic E-state index is 13.6. The van der Waals surface area contributed by atoms with Gasteiger partial charge >= 0.3 is 5.97 Å². The summed E-state index contributed by atoms with van der Waals surface area (Å²) in [6, 6.07) is 10.4. The molecule has 0 aliphatic heterocycles. The summed E-state index contributed by atoms with van der Waals surface area (Å²) >= 11 is 0. The molecule has 0 amide bonds. The van der Waals surface area contributed by atoms with Crippen LogP contribution in [0.3, 0.4) is 0 Å². The summed E-state index contributed by atoms with van der Waals surface area (Å²) in [5, 5.41) is 8.89. The van der Waals surface area contributed by atoms with Crippen LogP contribution in [0.15, 0.2) is 42.5 Å². The Kier molecular flexibility index (Phi) is 4.65. The third-order valence-electron chi connectivity index (χ3n) is 3.11. The number of carboxylic acid groups (broad SMARTS) is 1. The monoisotopic (exact) mass is 291 g/mol. The first-order valence-electron chi connectivity index (χ1n) is 6.41. The van der Waals surface area contributed by atoms with Crippen molar-refractivity contribution in [1.29, 1.82) is 0 Å². The van der Waals surface area contributed by atoms with Crippen LogP contribution in [0.5, 0.6) is 0 Å². The molecule has 2 aromatic carbocycles. The van der Waals surface area contributed by atoms with Crippen molar-refractivity contribution in [2.24, 2.45) is 0 Å². The van der Waals surface area contributed by atoms with Crippen molar-refractivity contribution in [3.05, 3.63) is 70.8 Å². The Bertz CT molecular complexity index is 658. The van der Waals surface area contributed by atoms with Crippen LogP contribution >= 0.6 is 0 Å². The fourth-order valence-corrected chi connectivity index (χ4v) is 2.12. The van der Waals surface area contributed by atoms with Crippen LogP contribution in [-0.4, -0.2) is 23.0 Å². The van der Waals surface area contributed by atoms with Crippen LogP contribution in [0.4, 0.5) is 8.78 Å². The van der Waals surface area contributed by atoms with E-state index in [0.29, 0.717) is 24.2 Å². The molecule has 2 aromatic rings. The van der Waals surface area contributed by atoms with Gasteiger partial charge in [-0.2, -0.15) is 0 Å². The van der Waals surface area contributed by atoms with Gasteiger partial charge in [0.1, 0.15) is 11.6 Å². The minimum atomic E-state index is -1.30. The molecule has 110 valence electrons. The van der Waals surface area contributed by atoms with Crippen molar-refractivity contribution in [2.45, 2.75) is 13.1 Å². The highest BCUT2D eigenvalue weighted by molar-refractivity contribution is 5.88. The summed E-state index contributed by atoms with van der Waals surface area (Å²) in [4.78, 5) is 12.7. The van der Waals surface area contributed by atoms with E-state index in [2.05, 4.69) is 0 Å². The molecule has 0 atom stereocenters. The van der Waals surface area contributed by atoms with Crippen molar-refractivity contribution >= 4 is 5.97 Å². The fourth-order valence-electron chi connectivity index (χ4n) is 2.12. The van der Waals surface area contributed by atoms with E-state index in [9.17, 15) is 13.6 Å². The second-order valence-corrected chi connectivity index (χ2v) is 4.88. The largest absolute Gasteiger partial charge is 0.478 e. The summed E-state index contributed by atoms with van der Waals surface area (Å²) in [6.45, 7) is 0.779. The summed E-state index contributed by atoms with van der Waals surface area (Å²) in [7, 11) is 1.79. The maximum Gasteiger partial charge on any atom is 0.338 e. The number of carboxylic acids is 1. The number of rotatable bonds is 5. The molecule has 0 aliphatic rings. The second-order valence-electron chi connectivity index (χ2n) is 4.88. The zero-order valence-corrected chi connectivity index (χ0v) is 11.5. The molecule has 0 bridgehead atoms. The van der Waals surface area contributed by atoms with E-state index in [1.54, 1.807) is 25.2 Å². The number of hydrogen-bond donors (Lipinski definition) is 1. The van der Waals surface area contributed by atoms with Crippen molar-refractivity contribution < 1.29 is 18.7 Å². The van der Waals surface area contributed by atoms with E-state index in [4.69, 9.17) is 5.11 Å². The fraction of sp³-hybridized carbons (Fsp3) is 0.188. The number of aromatic carboxylic acids is 1. The van der Waals surface area contributed by atoms with Gasteiger partial charge in [0.2, 0.25) is 0 Å². The molecule has 5 heteroatoms. The van der Waals surface area contributed by atoms with Crippen LogP contribution in [0.25, 0.3) is 0 Å². The minimum Gasteiger partial charge on any atom is -0.478 e. The SMILES string of the molecule is CN(Cc1ccc(F)c(C(=O)O)c1)Cc1ccccc1F. The lowest BCUT2D eigenvalue weighted by Crippen LogP contribution is -2.18. The lowest BCUT2D eigenvalue weighted by molar-refractivity contribution is 0.0691. The third-order valence-corrected chi connectivity index (χ3v) is 3.11. The number of nitrogens with zero attached hydrogens (tertiary/aromatic N) is 1. The van der Waals surface area contributed by atoms with Crippen LogP contribution in [0.1, 0.15) is 21.5 Å². The van der Waals surface area contributed by atoms with E-state index in [1.165, 1.54) is 18.2 Å². The van der Waals surface area contributed by atoms with E-state index >= 15 is 0 Å². The summed E-state index contributed by atoms with van der Waals surface area (Å²) < 4.78 is 26.9. The average Bonchev–Trinajstić information content (AvgIpc) is 2.43. The molecule has 0 heterocycles. The number of benzene rings is 2. The average molecular weight is 291 g/mol. The highest BCUT2D eigenvalue weighted by Gasteiger charge is 2.12. The Morgan fingerprint density at radius 1 is 1.10 bits per heavy atom. The first-order valence-corrected chi connectivity index (χ1v) is 6.41. The Morgan fingerprint density at radius 3 is 2.48 bits per heavy atom. The first-order chi connectivity index (χ1) is 9.97. The molecule has 0 fully saturated rings. The van der Waals surface area contributed by atoms with E-state index in [0.717, 1.165) is 6.07 Å². The van der Waals surface area contributed by atoms with Crippen molar-refractivity contribution in [1.82, 2.24) is 4.90 Å². The summed E-state index contributed by atoms with van der Waals surface area (Å²) in [6.07, 6.45) is 0. The molecule has 0 unspecified atom stereocenters. The van der Waals surface area contributed by atoms with Crippen LogP contribution < -0.4 is 0 Å². The molecule has 0 saturated heterocycles. The number of halogens is 2. The van der Waals surface area contributed by atoms with E-state index in [-0.39, 0.29) is 11.4 Å². The normalized spacial score (nSPS) is 10.9. The predicted octanol–water partition coefficient (Wildman–Crippen LogP) is 3.30. The molecule has 0 aliphatic carbocycles. The Hall–Kier alpha value is -2.27. The molecule has 0 saturated carbocycles. The molecule has 0 spiro atoms. The molecule has 1 N–H and O–H groups in total. The van der Waals surface area contributed by atoms with Crippen molar-refractivity contribution in [2.75, 3.05) is 7.05 Å². The van der Waals surface area contributed by atoms with Crippen LogP contribution in [0.2, 0.25) is 0 Å². The zero-order chi connectivity index (χ0) is 15.4. The standard InChI is InChI=1S/C16H15F2NO2/c1-19(10-12-4-2-3-5-14(12)17)9-11-6-7-15(18)13(8-11)16(20)21/h2-8H,9-10H2,1H3,(H,20,21). The van der Waals surface area contributed by atoms with Crippen molar-refractivity contribution in [3.8, 4) is 0 Å². The number of carbonyl (C=O) groups is 1. The quantitative estimate of drug-likeness (QED) is 0.919. The molecular formula is C16H15F2NO2. The van der Waals surface area contributed by atoms with Gasteiger partial charge in [-0.15, -0.1) is 0 Å². The number of hydrogen-bond acceptors (Lipinski definition) is 2. The van der Waals surface area contributed by atoms with Gasteiger partial charge in [-0.05, 0) is 30.8 Å². The van der Waals surface area contributed by atoms with Gasteiger partial charge in [-0.25, -0.2) is 13.6 Å².